The summed E-state index contributed by atoms with van der Waals surface area (Å²) in [5.41, 5.74) is 2.07. The molecule has 0 heterocycles. The van der Waals surface area contributed by atoms with Gasteiger partial charge < -0.3 is 0 Å². The molecule has 0 aliphatic rings. The highest BCUT2D eigenvalue weighted by Gasteiger charge is 2.20. The highest BCUT2D eigenvalue weighted by Crippen LogP contribution is 2.46. The number of rotatable bonds is 9. The van der Waals surface area contributed by atoms with Crippen LogP contribution in [0.4, 0.5) is 0 Å². The maximum Gasteiger partial charge on any atom is 0.405 e. The van der Waals surface area contributed by atoms with Crippen LogP contribution in [0, 0.1) is 12.1 Å². The Labute approximate surface area is 91.7 Å². The first-order valence-electron chi connectivity index (χ1n) is 4.77. The van der Waals surface area contributed by atoms with Gasteiger partial charge in [0, 0.05) is 5.66 Å². The van der Waals surface area contributed by atoms with E-state index in [1.54, 1.807) is 12.2 Å². The van der Waals surface area contributed by atoms with Gasteiger partial charge >= 0.3 is 7.60 Å². The third kappa shape index (κ3) is 7.16. The largest absolute Gasteiger partial charge is 0.405 e. The first-order chi connectivity index (χ1) is 7.18. The highest BCUT2D eigenvalue weighted by atomic mass is 31.2. The summed E-state index contributed by atoms with van der Waals surface area (Å²) in [6.07, 6.45) is 10.7. The highest BCUT2D eigenvalue weighted by molar-refractivity contribution is 7.59. The van der Waals surface area contributed by atoms with Gasteiger partial charge in [0.2, 0.25) is 0 Å². The minimum Gasteiger partial charge on any atom is -0.299 e. The average Bonchev–Trinajstić information content (AvgIpc) is 2.25. The van der Waals surface area contributed by atoms with Crippen molar-refractivity contribution < 1.29 is 13.6 Å². The van der Waals surface area contributed by atoms with E-state index in [4.69, 9.17) is 15.5 Å². The Morgan fingerprint density at radius 1 is 1.20 bits per heavy atom. The van der Waals surface area contributed by atoms with Crippen molar-refractivity contribution in [2.45, 2.75) is 19.3 Å². The maximum absolute atomic E-state index is 11.7. The number of terminal acetylenes is 1. The summed E-state index contributed by atoms with van der Waals surface area (Å²) in [7, 11) is -3.32. The lowest BCUT2D eigenvalue weighted by Crippen LogP contribution is -1.97. The van der Waals surface area contributed by atoms with Crippen LogP contribution in [0.5, 0.6) is 0 Å². The second-order valence-electron chi connectivity index (χ2n) is 2.80. The summed E-state index contributed by atoms with van der Waals surface area (Å²) >= 11 is 0. The molecule has 0 fully saturated rings. The number of unbranched alkanes of at least 4 members (excludes halogenated alkanes) is 1. The Bertz CT molecular complexity index is 278. The van der Waals surface area contributed by atoms with Crippen molar-refractivity contribution in [2.24, 2.45) is 0 Å². The lowest BCUT2D eigenvalue weighted by molar-refractivity contribution is 0.215. The van der Waals surface area contributed by atoms with Crippen LogP contribution in [0.1, 0.15) is 19.3 Å². The molecule has 1 unspecified atom stereocenters. The zero-order valence-corrected chi connectivity index (χ0v) is 9.75. The van der Waals surface area contributed by atoms with Crippen LogP contribution in [-0.4, -0.2) is 13.2 Å². The van der Waals surface area contributed by atoms with Gasteiger partial charge in [-0.1, -0.05) is 12.2 Å². The molecule has 0 radical (unpaired) electrons. The second kappa shape index (κ2) is 8.49. The predicted octanol–water partition coefficient (Wildman–Crippen LogP) is 3.35. The van der Waals surface area contributed by atoms with E-state index in [1.807, 2.05) is 0 Å². The van der Waals surface area contributed by atoms with Gasteiger partial charge in [0.05, 0.1) is 13.2 Å². The van der Waals surface area contributed by atoms with Gasteiger partial charge in [-0.05, 0) is 19.3 Å². The molecule has 0 saturated carbocycles. The molecule has 0 aromatic heterocycles. The molecule has 0 spiro atoms. The standard InChI is InChI=1S/C11H17O3P/c1-4-7-9-11-14-15(12,6-3)13-10-8-5-2/h3-5H,1-2,7-11H2. The Balaban J connectivity index is 3.86. The molecule has 4 heteroatoms. The van der Waals surface area contributed by atoms with E-state index in [1.165, 1.54) is 0 Å². The molecule has 0 aromatic rings. The molecule has 15 heavy (non-hydrogen) atoms. The summed E-state index contributed by atoms with van der Waals surface area (Å²) in [6.45, 7) is 7.68. The van der Waals surface area contributed by atoms with E-state index in [0.717, 1.165) is 12.8 Å². The number of allylic oxidation sites excluding steroid dienone is 1. The van der Waals surface area contributed by atoms with E-state index in [-0.39, 0.29) is 6.61 Å². The second-order valence-corrected chi connectivity index (χ2v) is 4.57. The fourth-order valence-corrected chi connectivity index (χ4v) is 1.72. The lowest BCUT2D eigenvalue weighted by Gasteiger charge is -2.11. The lowest BCUT2D eigenvalue weighted by atomic mass is 10.3. The van der Waals surface area contributed by atoms with Crippen LogP contribution in [0.15, 0.2) is 25.3 Å². The van der Waals surface area contributed by atoms with E-state index < -0.39 is 7.60 Å². The quantitative estimate of drug-likeness (QED) is 0.263. The summed E-state index contributed by atoms with van der Waals surface area (Å²) in [6, 6.07) is 0. The van der Waals surface area contributed by atoms with Gasteiger partial charge in [-0.2, -0.15) is 0 Å². The average molecular weight is 228 g/mol. The van der Waals surface area contributed by atoms with Gasteiger partial charge in [0.15, 0.2) is 0 Å². The van der Waals surface area contributed by atoms with Gasteiger partial charge in [-0.3, -0.25) is 9.05 Å². The fourth-order valence-electron chi connectivity index (χ4n) is 0.780. The zero-order valence-electron chi connectivity index (χ0n) is 8.85. The van der Waals surface area contributed by atoms with Crippen LogP contribution in [-0.2, 0) is 13.6 Å². The smallest absolute Gasteiger partial charge is 0.299 e. The number of hydrogen-bond donors (Lipinski definition) is 0. The first-order valence-corrected chi connectivity index (χ1v) is 6.31. The monoisotopic (exact) mass is 228 g/mol. The predicted molar refractivity (Wildman–Crippen MR) is 62.6 cm³/mol. The molecular formula is C11H17O3P. The summed E-state index contributed by atoms with van der Waals surface area (Å²) in [5, 5.41) is 0. The van der Waals surface area contributed by atoms with E-state index in [2.05, 4.69) is 18.8 Å². The molecule has 0 aliphatic heterocycles. The summed E-state index contributed by atoms with van der Waals surface area (Å²) in [4.78, 5) is 0. The van der Waals surface area contributed by atoms with Gasteiger partial charge in [0.25, 0.3) is 0 Å². The third-order valence-electron chi connectivity index (χ3n) is 1.56. The molecule has 0 amide bonds. The normalized spacial score (nSPS) is 13.8. The maximum atomic E-state index is 11.7. The first kappa shape index (κ1) is 14.2. The van der Waals surface area contributed by atoms with E-state index in [0.29, 0.717) is 13.0 Å². The van der Waals surface area contributed by atoms with Crippen molar-refractivity contribution in [3.8, 4) is 12.1 Å². The SMILES string of the molecule is C#CP(=O)(OCCC=C)OCCCC=C. The minimum atomic E-state index is -3.32. The number of hydrogen-bond acceptors (Lipinski definition) is 3. The van der Waals surface area contributed by atoms with Crippen molar-refractivity contribution in [1.29, 1.82) is 0 Å². The zero-order chi connectivity index (χ0) is 11.6. The van der Waals surface area contributed by atoms with Crippen LogP contribution >= 0.6 is 7.60 Å². The van der Waals surface area contributed by atoms with E-state index >= 15 is 0 Å². The molecule has 1 atom stereocenters. The molecular weight excluding hydrogens is 211 g/mol. The van der Waals surface area contributed by atoms with Gasteiger partial charge in [-0.25, -0.2) is 4.57 Å². The van der Waals surface area contributed by atoms with Crippen molar-refractivity contribution in [3.63, 3.8) is 0 Å². The molecule has 0 rings (SSSR count). The van der Waals surface area contributed by atoms with Crippen LogP contribution in [0.2, 0.25) is 0 Å². The Morgan fingerprint density at radius 2 is 1.80 bits per heavy atom. The fraction of sp³-hybridized carbons (Fsp3) is 0.455. The van der Waals surface area contributed by atoms with E-state index in [9.17, 15) is 4.57 Å². The molecule has 0 saturated heterocycles. The van der Waals surface area contributed by atoms with Gasteiger partial charge in [-0.15, -0.1) is 19.6 Å². The minimum absolute atomic E-state index is 0.270. The Kier molecular flexibility index (Phi) is 8.04. The topological polar surface area (TPSA) is 35.5 Å². The molecule has 3 nitrogen and oxygen atoms in total. The molecule has 84 valence electrons. The molecule has 0 aliphatic carbocycles. The summed E-state index contributed by atoms with van der Waals surface area (Å²) < 4.78 is 21.7. The molecule has 0 aromatic carbocycles. The van der Waals surface area contributed by atoms with Crippen molar-refractivity contribution in [2.75, 3.05) is 13.2 Å². The van der Waals surface area contributed by atoms with Crippen LogP contribution < -0.4 is 0 Å². The van der Waals surface area contributed by atoms with Crippen molar-refractivity contribution >= 4 is 7.60 Å². The Morgan fingerprint density at radius 3 is 2.33 bits per heavy atom. The summed E-state index contributed by atoms with van der Waals surface area (Å²) in [5.74, 6) is 0. The van der Waals surface area contributed by atoms with Crippen molar-refractivity contribution in [1.82, 2.24) is 0 Å². The molecule has 0 bridgehead atoms. The molecule has 0 N–H and O–H groups in total. The third-order valence-corrected chi connectivity index (χ3v) is 2.92. The van der Waals surface area contributed by atoms with Crippen LogP contribution in [0.25, 0.3) is 0 Å². The Hall–Kier alpha value is -0.810. The van der Waals surface area contributed by atoms with Crippen molar-refractivity contribution in [3.05, 3.63) is 25.3 Å². The van der Waals surface area contributed by atoms with Crippen LogP contribution in [0.3, 0.4) is 0 Å². The van der Waals surface area contributed by atoms with Gasteiger partial charge in [0.1, 0.15) is 0 Å².